The topological polar surface area (TPSA) is 155 Å². The summed E-state index contributed by atoms with van der Waals surface area (Å²) in [7, 11) is 0. The fourth-order valence-corrected chi connectivity index (χ4v) is 19.5. The highest BCUT2D eigenvalue weighted by atomic mass is 16.3. The number of rotatable bonds is 13. The molecule has 28 rings (SSSR count). The molecule has 28 aromatic rings. The Balaban J connectivity index is 0.000000109. The fraction of sp³-hybridized carbons (Fsp3) is 0. The Kier molecular flexibility index (Phi) is 20.6. The van der Waals surface area contributed by atoms with Crippen molar-refractivity contribution in [1.82, 2.24) is 44.9 Å². The molecule has 0 fully saturated rings. The van der Waals surface area contributed by atoms with Crippen molar-refractivity contribution in [2.45, 2.75) is 0 Å². The van der Waals surface area contributed by atoms with E-state index in [9.17, 15) is 0 Å². The lowest BCUT2D eigenvalue weighted by Crippen LogP contribution is -2.00. The van der Waals surface area contributed by atoms with Crippen molar-refractivity contribution in [1.29, 1.82) is 0 Å². The third-order valence-corrected chi connectivity index (χ3v) is 26.7. The smallest absolute Gasteiger partial charge is 0.167 e. The van der Waals surface area contributed by atoms with Gasteiger partial charge in [-0.3, -0.25) is 0 Å². The minimum Gasteiger partial charge on any atom is -0.456 e. The first-order valence-electron chi connectivity index (χ1n) is 47.1. The van der Waals surface area contributed by atoms with Gasteiger partial charge in [0.15, 0.2) is 52.4 Å². The zero-order valence-electron chi connectivity index (χ0n) is 75.9. The van der Waals surface area contributed by atoms with Crippen LogP contribution in [-0.2, 0) is 0 Å². The van der Waals surface area contributed by atoms with Gasteiger partial charge in [-0.2, -0.15) is 0 Å². The maximum atomic E-state index is 6.60. The average molecular weight is 1800 g/mol. The van der Waals surface area contributed by atoms with Crippen LogP contribution in [-0.4, -0.2) is 44.9 Å². The molecule has 0 amide bonds. The van der Waals surface area contributed by atoms with Crippen molar-refractivity contribution in [3.63, 3.8) is 0 Å². The zero-order valence-corrected chi connectivity index (χ0v) is 75.9. The minimum atomic E-state index is 0.568. The summed E-state index contributed by atoms with van der Waals surface area (Å²) in [6.45, 7) is 0. The summed E-state index contributed by atoms with van der Waals surface area (Å²) in [4.78, 5) is 45.7. The first-order valence-corrected chi connectivity index (χ1v) is 47.1. The molecule has 0 aliphatic carbocycles. The van der Waals surface area contributed by atoms with E-state index in [1.807, 2.05) is 48.5 Å². The van der Waals surface area contributed by atoms with Gasteiger partial charge in [-0.1, -0.05) is 382 Å². The third kappa shape index (κ3) is 16.0. The predicted octanol–water partition coefficient (Wildman–Crippen LogP) is 33.9. The highest BCUT2D eigenvalue weighted by molar-refractivity contribution is 6.17. The van der Waals surface area contributed by atoms with Crippen LogP contribution >= 0.6 is 0 Å². The van der Waals surface area contributed by atoms with Crippen LogP contribution in [0.2, 0.25) is 0 Å². The maximum absolute atomic E-state index is 6.60. The first kappa shape index (κ1) is 82.5. The SMILES string of the molecule is c1ccc(-c2ccc(-c3ccc(-c4nc(-c5ccc6ccccc6c5)nc(-c5cccc6c5oc5cc7ccccc7cc56)n4)cc3)cc2)cc1.c1ccc(-c2cccc(-c3nc(-c4ccc5ccccc5c4)nc(-c4ccc5oc6cc7ccccc7cc6c5c4)n3)c2)cc1.c1ccc(-c2cccc(-c3nc(-c4ccc5ccccc5c4)nc(-c4cccc5oc6cc7ccccc7cc6c45)n3)c2)cc1. The molecule has 6 heterocycles. The normalized spacial score (nSPS) is 11.5. The van der Waals surface area contributed by atoms with Gasteiger partial charge in [0.1, 0.15) is 33.5 Å². The summed E-state index contributed by atoms with van der Waals surface area (Å²) in [5.41, 5.74) is 22.4. The van der Waals surface area contributed by atoms with Gasteiger partial charge < -0.3 is 13.3 Å². The molecule has 22 aromatic carbocycles. The highest BCUT2D eigenvalue weighted by Gasteiger charge is 2.24. The molecule has 0 unspecified atom stereocenters. The molecule has 0 bridgehead atoms. The fourth-order valence-electron chi connectivity index (χ4n) is 19.5. The molecule has 0 N–H and O–H groups in total. The summed E-state index contributed by atoms with van der Waals surface area (Å²) >= 11 is 0. The van der Waals surface area contributed by atoms with Crippen LogP contribution < -0.4 is 0 Å². The van der Waals surface area contributed by atoms with Crippen LogP contribution in [0.15, 0.2) is 492 Å². The standard InChI is InChI=1S/C47H29N3O.2C41H25N3O/c1-2-9-30(10-3-1)32-17-19-33(20-18-32)34-21-24-35(25-22-34)45-48-46(39-26-23-31-11-4-5-12-36(31)27-39)50-47(49-45)41-16-8-15-40-42-28-37-13-6-7-14-38(37)29-43(42)51-44(40)41;1-2-10-26(11-3-1)29-16-8-17-32(22-29)39-42-40(33-21-20-27-12-4-5-13-28(27)23-33)44-41(43-39)34-18-9-19-36-38(34)35-24-30-14-6-7-15-31(30)25-37(35)45-36;1-2-9-26(10-3-1)29-15-8-16-32(21-29)39-42-40(33-18-17-27-11-4-5-12-28(27)22-33)44-41(43-39)34-19-20-37-35(24-34)36-23-30-13-6-7-14-31(30)25-38(36)45-37/h1-29H;2*1-25H. The van der Waals surface area contributed by atoms with Gasteiger partial charge in [0.25, 0.3) is 0 Å². The molecule has 0 saturated heterocycles. The van der Waals surface area contributed by atoms with E-state index in [1.165, 1.54) is 38.1 Å². The van der Waals surface area contributed by atoms with E-state index in [0.29, 0.717) is 52.4 Å². The van der Waals surface area contributed by atoms with Gasteiger partial charge in [0.05, 0.1) is 5.56 Å². The molecule has 0 spiro atoms. The van der Waals surface area contributed by atoms with Gasteiger partial charge in [-0.15, -0.1) is 0 Å². The zero-order chi connectivity index (χ0) is 93.2. The molecule has 0 atom stereocenters. The summed E-state index contributed by atoms with van der Waals surface area (Å²) in [6.07, 6.45) is 0. The maximum Gasteiger partial charge on any atom is 0.167 e. The second-order valence-corrected chi connectivity index (χ2v) is 35.5. The number of aromatic nitrogens is 9. The van der Waals surface area contributed by atoms with Crippen molar-refractivity contribution in [2.24, 2.45) is 0 Å². The van der Waals surface area contributed by atoms with E-state index in [0.717, 1.165) is 187 Å². The van der Waals surface area contributed by atoms with E-state index in [1.54, 1.807) is 0 Å². The predicted molar refractivity (Wildman–Crippen MR) is 577 cm³/mol. The van der Waals surface area contributed by atoms with E-state index in [-0.39, 0.29) is 0 Å². The van der Waals surface area contributed by atoms with Crippen LogP contribution in [0.3, 0.4) is 0 Å². The molecule has 0 saturated carbocycles. The Labute approximate surface area is 809 Å². The lowest BCUT2D eigenvalue weighted by Gasteiger charge is -2.11. The number of nitrogens with zero attached hydrogens (tertiary/aromatic N) is 9. The molecule has 12 nitrogen and oxygen atoms in total. The molecule has 0 aliphatic rings. The summed E-state index contributed by atoms with van der Waals surface area (Å²) < 4.78 is 19.3. The largest absolute Gasteiger partial charge is 0.456 e. The number of furan rings is 3. The van der Waals surface area contributed by atoms with E-state index >= 15 is 0 Å². The second-order valence-electron chi connectivity index (χ2n) is 35.5. The monoisotopic (exact) mass is 1800 g/mol. The third-order valence-electron chi connectivity index (χ3n) is 26.7. The molecule has 12 heteroatoms. The van der Waals surface area contributed by atoms with Crippen LogP contribution in [0.5, 0.6) is 0 Å². The number of para-hydroxylation sites is 1. The Morgan fingerprint density at radius 3 is 0.823 bits per heavy atom. The number of benzene rings is 22. The van der Waals surface area contributed by atoms with Gasteiger partial charge in [-0.05, 0) is 206 Å². The van der Waals surface area contributed by atoms with E-state index in [4.69, 9.17) is 58.1 Å². The highest BCUT2D eigenvalue weighted by Crippen LogP contribution is 2.44. The van der Waals surface area contributed by atoms with Gasteiger partial charge in [-0.25, -0.2) is 44.9 Å². The van der Waals surface area contributed by atoms with Gasteiger partial charge >= 0.3 is 0 Å². The van der Waals surface area contributed by atoms with Crippen LogP contribution in [0.4, 0.5) is 0 Å². The summed E-state index contributed by atoms with van der Waals surface area (Å²) in [6, 6.07) is 166. The Morgan fingerprint density at radius 2 is 0.383 bits per heavy atom. The number of hydrogen-bond donors (Lipinski definition) is 0. The van der Waals surface area contributed by atoms with Crippen LogP contribution in [0, 0.1) is 0 Å². The van der Waals surface area contributed by atoms with Crippen LogP contribution in [0.1, 0.15) is 0 Å². The molecular weight excluding hydrogens is 1720 g/mol. The van der Waals surface area contributed by atoms with Crippen molar-refractivity contribution in [2.75, 3.05) is 0 Å². The number of fused-ring (bicyclic) bond motifs is 15. The Hall–Kier alpha value is -19.2. The Bertz CT molecular complexity index is 9770. The Morgan fingerprint density at radius 1 is 0.121 bits per heavy atom. The summed E-state index contributed by atoms with van der Waals surface area (Å²) in [5, 5.41) is 20.1. The molecule has 0 radical (unpaired) electrons. The molecule has 141 heavy (non-hydrogen) atoms. The first-order chi connectivity index (χ1) is 69.7. The van der Waals surface area contributed by atoms with Crippen molar-refractivity contribution in [3.8, 4) is 147 Å². The van der Waals surface area contributed by atoms with Gasteiger partial charge in [0.2, 0.25) is 0 Å². The van der Waals surface area contributed by atoms with E-state index < -0.39 is 0 Å². The number of hydrogen-bond acceptors (Lipinski definition) is 12. The molecule has 0 aliphatic heterocycles. The van der Waals surface area contributed by atoms with Crippen molar-refractivity contribution >= 4 is 130 Å². The lowest BCUT2D eigenvalue weighted by atomic mass is 9.99. The molecule has 6 aromatic heterocycles. The lowest BCUT2D eigenvalue weighted by molar-refractivity contribution is 0.669. The summed E-state index contributed by atoms with van der Waals surface area (Å²) in [5.74, 6) is 5.52. The quantitative estimate of drug-likeness (QED) is 0.108. The minimum absolute atomic E-state index is 0.568. The van der Waals surface area contributed by atoms with Gasteiger partial charge in [0, 0.05) is 76.8 Å². The second kappa shape index (κ2) is 35.3. The molecular formula is C129H79N9O3. The molecule has 658 valence electrons. The van der Waals surface area contributed by atoms with Crippen molar-refractivity contribution in [3.05, 3.63) is 479 Å². The van der Waals surface area contributed by atoms with E-state index in [2.05, 4.69) is 431 Å². The average Bonchev–Trinajstić information content (AvgIpc) is 1.63. The van der Waals surface area contributed by atoms with Crippen LogP contribution in [0.25, 0.3) is 277 Å². The van der Waals surface area contributed by atoms with Crippen molar-refractivity contribution < 1.29 is 13.3 Å².